The van der Waals surface area contributed by atoms with E-state index in [4.69, 9.17) is 42.9 Å². The predicted molar refractivity (Wildman–Crippen MR) is 500 cm³/mol. The van der Waals surface area contributed by atoms with Crippen LogP contribution in [0.3, 0.4) is 0 Å². The Hall–Kier alpha value is -12.0. The van der Waals surface area contributed by atoms with Crippen molar-refractivity contribution in [2.24, 2.45) is 7.05 Å². The van der Waals surface area contributed by atoms with E-state index in [1.165, 1.54) is 22.2 Å². The van der Waals surface area contributed by atoms with E-state index in [1.807, 2.05) is 123 Å². The highest BCUT2D eigenvalue weighted by molar-refractivity contribution is 9.11. The van der Waals surface area contributed by atoms with Crippen LogP contribution in [0.4, 0.5) is 50.9 Å². The lowest BCUT2D eigenvalue weighted by Gasteiger charge is -2.28. The van der Waals surface area contributed by atoms with Gasteiger partial charge in [-0.05, 0) is 137 Å². The van der Waals surface area contributed by atoms with E-state index in [1.54, 1.807) is 87.6 Å². The molecular formula is C83H77Br4FN26O8S4. The van der Waals surface area contributed by atoms with Gasteiger partial charge in [0.2, 0.25) is 0 Å². The molecule has 0 unspecified atom stereocenters. The average molecular weight is 2030 g/mol. The fraction of sp³-hybridized carbons (Fsp3) is 0.217. The van der Waals surface area contributed by atoms with Crippen LogP contribution in [0.15, 0.2) is 208 Å². The Morgan fingerprint density at radius 1 is 0.341 bits per heavy atom. The summed E-state index contributed by atoms with van der Waals surface area (Å²) in [4.78, 5) is 49.2. The van der Waals surface area contributed by atoms with Gasteiger partial charge in [-0.2, -0.15) is 38.5 Å². The minimum atomic E-state index is -3.02. The van der Waals surface area contributed by atoms with Gasteiger partial charge in [-0.1, -0.05) is 48.0 Å². The van der Waals surface area contributed by atoms with Crippen molar-refractivity contribution in [3.8, 4) is 89.4 Å². The number of hydrogen-bond acceptors (Lipinski definition) is 29. The SMILES string of the molecule is Cc1cccc(-c2ccc(-c3cnn4c(N)c(Br)c(N5CCS(=O)(=O)CC5)nc34)cn2)c1.Cn1ccc(-c2ccc(-c3cnn4c(N)c(Br)c(N5CCS(=O)(=O)CC5)nc34)cn2)c1.Nc1c(Br)c(N2CCS(=O)(=O)CC2)nc2c(-c3ccc(-c4ccc(F)cc4)nc3)cnn12.Nc1c(Br)c(N2CCS(=O)(=O)CC2)nc2c(-c3cncc(-c4cccnc4)c3)cnn12. The maximum atomic E-state index is 13.2. The second-order valence-electron chi connectivity index (χ2n) is 30.2. The van der Waals surface area contributed by atoms with E-state index < -0.39 is 39.3 Å². The minimum absolute atomic E-state index is 0.0765. The number of nitrogens with two attached hydrogens (primary N) is 4. The van der Waals surface area contributed by atoms with Gasteiger partial charge in [0, 0.05) is 188 Å². The summed E-state index contributed by atoms with van der Waals surface area (Å²) < 4.78 is 118. The van der Waals surface area contributed by atoms with Crippen LogP contribution < -0.4 is 42.5 Å². The summed E-state index contributed by atoms with van der Waals surface area (Å²) >= 11 is 14.0. The zero-order valence-corrected chi connectivity index (χ0v) is 76.8. The van der Waals surface area contributed by atoms with Crippen LogP contribution in [0.25, 0.3) is 112 Å². The predicted octanol–water partition coefficient (Wildman–Crippen LogP) is 11.3. The monoisotopic (exact) mass is 2030 g/mol. The number of halogens is 5. The van der Waals surface area contributed by atoms with Crippen molar-refractivity contribution in [2.75, 3.05) is 141 Å². The van der Waals surface area contributed by atoms with Crippen LogP contribution in [-0.2, 0) is 46.4 Å². The second kappa shape index (κ2) is 35.1. The topological polar surface area (TPSA) is 444 Å². The van der Waals surface area contributed by atoms with Crippen LogP contribution in [-0.4, -0.2) is 220 Å². The number of pyridine rings is 5. The van der Waals surface area contributed by atoms with Crippen LogP contribution >= 0.6 is 63.7 Å². The number of rotatable bonds is 12. The third-order valence-corrected chi connectivity index (χ3v) is 31.3. The van der Waals surface area contributed by atoms with Crippen LogP contribution in [0, 0.1) is 12.7 Å². The summed E-state index contributed by atoms with van der Waals surface area (Å²) in [5.41, 5.74) is 42.6. The quantitative estimate of drug-likeness (QED) is 0.0882. The number of benzene rings is 2. The van der Waals surface area contributed by atoms with Crippen molar-refractivity contribution < 1.29 is 38.1 Å². The van der Waals surface area contributed by atoms with E-state index in [-0.39, 0.29) is 51.8 Å². The molecule has 4 saturated heterocycles. The standard InChI is InChI=1S/C22H21BrN6O2S.C21H18BrFN6O2S.C20H20BrN7O2S.C20H18BrN7O2S/c1-14-3-2-4-15(11-14)18-6-5-16(12-25-18)17-13-26-29-20(24)19(23)22(27-21(17)29)28-7-9-32(30,31)10-8-28;22-18-19(24)29-20(27-21(18)28-7-9-32(30,31)10-8-28)16(12-26-29)14-3-6-17(25-11-14)13-1-4-15(23)5-2-13;1-26-5-4-14(12-26)16-3-2-13(10-23-16)15-11-24-28-18(22)17(21)20(25-19(15)28)27-6-8-31(29,30)9-7-27;21-17-18(22)28-19(26-20(17)27-4-6-31(29,30)7-5-27)16(12-25-28)15-8-14(10-24-11-15)13-2-1-3-23-9-13/h2-6,11-13H,7-10,24H2,1H3;1-6,11-12H,7-10,24H2;2-5,10-12H,6-9,22H2,1H3;1-3,8-12H,4-7,22H2. The van der Waals surface area contributed by atoms with E-state index >= 15 is 0 Å². The third-order valence-electron chi connectivity index (χ3n) is 21.8. The lowest BCUT2D eigenvalue weighted by atomic mass is 10.1. The molecule has 43 heteroatoms. The third kappa shape index (κ3) is 18.0. The molecule has 646 valence electrons. The zero-order valence-electron chi connectivity index (χ0n) is 67.1. The smallest absolute Gasteiger partial charge is 0.167 e. The lowest BCUT2D eigenvalue weighted by Crippen LogP contribution is -2.41. The molecule has 0 aliphatic carbocycles. The van der Waals surface area contributed by atoms with Crippen molar-refractivity contribution in [3.63, 3.8) is 0 Å². The minimum Gasteiger partial charge on any atom is -0.383 e. The molecule has 0 saturated carbocycles. The molecule has 2 aromatic carbocycles. The largest absolute Gasteiger partial charge is 0.383 e. The van der Waals surface area contributed by atoms with Gasteiger partial charge in [0.05, 0.1) is 87.9 Å². The summed E-state index contributed by atoms with van der Waals surface area (Å²) in [5.74, 6) is 4.47. The fourth-order valence-corrected chi connectivity index (χ4v) is 21.6. The molecule has 4 fully saturated rings. The van der Waals surface area contributed by atoms with Crippen LogP contribution in [0.2, 0.25) is 0 Å². The molecule has 0 atom stereocenters. The van der Waals surface area contributed by atoms with Crippen molar-refractivity contribution >= 4 is 172 Å². The van der Waals surface area contributed by atoms with E-state index in [0.29, 0.717) is 139 Å². The van der Waals surface area contributed by atoms with Crippen molar-refractivity contribution in [3.05, 3.63) is 219 Å². The van der Waals surface area contributed by atoms with Crippen LogP contribution in [0.5, 0.6) is 0 Å². The van der Waals surface area contributed by atoms with Gasteiger partial charge in [-0.25, -0.2) is 58.0 Å². The van der Waals surface area contributed by atoms with E-state index in [2.05, 4.69) is 128 Å². The molecule has 34 nitrogen and oxygen atoms in total. The molecule has 16 aromatic rings. The molecule has 126 heavy (non-hydrogen) atoms. The van der Waals surface area contributed by atoms with Gasteiger partial charge in [0.25, 0.3) is 0 Å². The van der Waals surface area contributed by atoms with Crippen molar-refractivity contribution in [2.45, 2.75) is 6.92 Å². The highest BCUT2D eigenvalue weighted by Crippen LogP contribution is 2.41. The zero-order chi connectivity index (χ0) is 88.3. The maximum absolute atomic E-state index is 13.2. The molecule has 0 amide bonds. The fourth-order valence-electron chi connectivity index (χ4n) is 14.8. The number of sulfone groups is 4. The average Bonchev–Trinajstić information content (AvgIpc) is 1.61. The molecule has 20 rings (SSSR count). The van der Waals surface area contributed by atoms with Gasteiger partial charge in [-0.15, -0.1) is 0 Å². The van der Waals surface area contributed by atoms with E-state index in [9.17, 15) is 38.1 Å². The van der Waals surface area contributed by atoms with Gasteiger partial charge in [0.1, 0.15) is 70.3 Å². The summed E-state index contributed by atoms with van der Waals surface area (Å²) in [6.45, 7) is 4.98. The van der Waals surface area contributed by atoms with Gasteiger partial charge < -0.3 is 47.1 Å². The first kappa shape index (κ1) is 86.1. The normalized spacial score (nSPS) is 16.0. The van der Waals surface area contributed by atoms with Crippen molar-refractivity contribution in [1.29, 1.82) is 0 Å². The maximum Gasteiger partial charge on any atom is 0.167 e. The number of aryl methyl sites for hydroxylation is 2. The number of anilines is 8. The molecule has 0 radical (unpaired) electrons. The first-order valence-electron chi connectivity index (χ1n) is 39.2. The van der Waals surface area contributed by atoms with Crippen LogP contribution in [0.1, 0.15) is 5.56 Å². The summed E-state index contributed by atoms with van der Waals surface area (Å²) in [5, 5.41) is 17.6. The first-order valence-corrected chi connectivity index (χ1v) is 49.7. The highest BCUT2D eigenvalue weighted by Gasteiger charge is 2.32. The number of hydrogen-bond donors (Lipinski definition) is 4. The Balaban J connectivity index is 0.000000119. The number of aromatic nitrogens is 18. The highest BCUT2D eigenvalue weighted by atomic mass is 79.9. The number of fused-ring (bicyclic) bond motifs is 4. The molecular weight excluding hydrogens is 1960 g/mol. The summed E-state index contributed by atoms with van der Waals surface area (Å²) in [7, 11) is -10.1. The number of nitrogen functional groups attached to an aromatic ring is 4. The van der Waals surface area contributed by atoms with Gasteiger partial charge in [-0.3, -0.25) is 24.9 Å². The Kier molecular flexibility index (Phi) is 24.0. The Morgan fingerprint density at radius 2 is 0.675 bits per heavy atom. The molecule has 4 aliphatic rings. The first-order chi connectivity index (χ1) is 60.4. The molecule has 8 N–H and O–H groups in total. The molecule has 18 heterocycles. The van der Waals surface area contributed by atoms with Gasteiger partial charge >= 0.3 is 0 Å². The van der Waals surface area contributed by atoms with Crippen molar-refractivity contribution in [1.82, 2.24) is 87.9 Å². The summed E-state index contributed by atoms with van der Waals surface area (Å²) in [6.07, 6.45) is 23.2. The second-order valence-corrected chi connectivity index (χ2v) is 42.6. The molecule has 0 spiro atoms. The lowest BCUT2D eigenvalue weighted by molar-refractivity contribution is 0.584. The van der Waals surface area contributed by atoms with Gasteiger partial charge in [0.15, 0.2) is 61.9 Å². The Labute approximate surface area is 755 Å². The Bertz CT molecular complexity index is 7330. The Morgan fingerprint density at radius 3 is 1.01 bits per heavy atom. The molecule has 14 aromatic heterocycles. The van der Waals surface area contributed by atoms with E-state index in [0.717, 1.165) is 89.4 Å². The number of nitrogens with zero attached hydrogens (tertiary/aromatic N) is 22. The molecule has 0 bridgehead atoms. The molecule has 4 aliphatic heterocycles. The summed E-state index contributed by atoms with van der Waals surface area (Å²) in [6, 6.07) is 33.9.